The van der Waals surface area contributed by atoms with Gasteiger partial charge in [0, 0.05) is 13.6 Å². The quantitative estimate of drug-likeness (QED) is 0.829. The van der Waals surface area contributed by atoms with Crippen LogP contribution in [0.2, 0.25) is 0 Å². The van der Waals surface area contributed by atoms with Crippen LogP contribution < -0.4 is 9.62 Å². The van der Waals surface area contributed by atoms with Crippen molar-refractivity contribution in [2.75, 3.05) is 24.7 Å². The first-order valence-corrected chi connectivity index (χ1v) is 6.48. The summed E-state index contributed by atoms with van der Waals surface area (Å²) < 4.78 is 24.1. The second kappa shape index (κ2) is 4.63. The summed E-state index contributed by atoms with van der Waals surface area (Å²) in [6.07, 6.45) is 1.20. The summed E-state index contributed by atoms with van der Waals surface area (Å²) in [7, 11) is 0.199. The van der Waals surface area contributed by atoms with E-state index in [0.717, 1.165) is 5.56 Å². The average molecular weight is 228 g/mol. The summed E-state index contributed by atoms with van der Waals surface area (Å²) in [6.45, 7) is 0.649. The summed E-state index contributed by atoms with van der Waals surface area (Å²) >= 11 is 0. The van der Waals surface area contributed by atoms with E-state index in [-0.39, 0.29) is 0 Å². The monoisotopic (exact) mass is 228 g/mol. The molecule has 0 amide bonds. The van der Waals surface area contributed by atoms with Gasteiger partial charge < -0.3 is 5.32 Å². The maximum absolute atomic E-state index is 11.4. The van der Waals surface area contributed by atoms with Gasteiger partial charge in [-0.15, -0.1) is 0 Å². The lowest BCUT2D eigenvalue weighted by atomic mass is 10.2. The molecule has 0 heterocycles. The van der Waals surface area contributed by atoms with Gasteiger partial charge in [0.15, 0.2) is 0 Å². The van der Waals surface area contributed by atoms with Crippen LogP contribution in [0.1, 0.15) is 5.56 Å². The van der Waals surface area contributed by atoms with E-state index in [9.17, 15) is 8.42 Å². The third-order valence-corrected chi connectivity index (χ3v) is 3.39. The predicted molar refractivity (Wildman–Crippen MR) is 62.5 cm³/mol. The summed E-state index contributed by atoms with van der Waals surface area (Å²) in [5, 5.41) is 3.01. The molecule has 4 nitrogen and oxygen atoms in total. The molecule has 1 rings (SSSR count). The molecule has 84 valence electrons. The standard InChI is InChI=1S/C10H16N2O2S/c1-11-8-9-6-4-5-7-10(9)12(2)15(3,13)14/h4-7,11H,8H2,1-3H3. The highest BCUT2D eigenvalue weighted by Crippen LogP contribution is 2.20. The molecule has 0 bridgehead atoms. The third-order valence-electron chi connectivity index (χ3n) is 2.20. The van der Waals surface area contributed by atoms with E-state index in [1.807, 2.05) is 25.2 Å². The second-order valence-electron chi connectivity index (χ2n) is 3.39. The Morgan fingerprint density at radius 2 is 1.93 bits per heavy atom. The highest BCUT2D eigenvalue weighted by atomic mass is 32.2. The molecule has 0 fully saturated rings. The van der Waals surface area contributed by atoms with Crippen molar-refractivity contribution in [3.05, 3.63) is 29.8 Å². The fourth-order valence-electron chi connectivity index (χ4n) is 1.34. The maximum atomic E-state index is 11.4. The van der Waals surface area contributed by atoms with Crippen molar-refractivity contribution in [2.45, 2.75) is 6.54 Å². The molecule has 0 saturated carbocycles. The molecule has 0 aliphatic carbocycles. The van der Waals surface area contributed by atoms with E-state index in [1.165, 1.54) is 10.6 Å². The number of nitrogens with one attached hydrogen (secondary N) is 1. The Kier molecular flexibility index (Phi) is 3.71. The molecule has 0 unspecified atom stereocenters. The van der Waals surface area contributed by atoms with Crippen molar-refractivity contribution in [1.29, 1.82) is 0 Å². The van der Waals surface area contributed by atoms with Crippen LogP contribution >= 0.6 is 0 Å². The first-order valence-electron chi connectivity index (χ1n) is 4.63. The molecule has 0 saturated heterocycles. The molecule has 0 radical (unpaired) electrons. The van der Waals surface area contributed by atoms with Crippen LogP contribution in [0.4, 0.5) is 5.69 Å². The van der Waals surface area contributed by atoms with E-state index in [0.29, 0.717) is 12.2 Å². The zero-order valence-electron chi connectivity index (χ0n) is 9.19. The number of para-hydroxylation sites is 1. The minimum atomic E-state index is -3.19. The number of benzene rings is 1. The van der Waals surface area contributed by atoms with Gasteiger partial charge in [0.25, 0.3) is 0 Å². The number of nitrogens with zero attached hydrogens (tertiary/aromatic N) is 1. The molecule has 0 aromatic heterocycles. The first-order chi connectivity index (χ1) is 6.96. The molecule has 15 heavy (non-hydrogen) atoms. The summed E-state index contributed by atoms with van der Waals surface area (Å²) in [5.41, 5.74) is 1.68. The number of hydrogen-bond acceptors (Lipinski definition) is 3. The molecule has 0 spiro atoms. The van der Waals surface area contributed by atoms with Gasteiger partial charge in [-0.3, -0.25) is 4.31 Å². The summed E-state index contributed by atoms with van der Waals surface area (Å²) in [5.74, 6) is 0. The van der Waals surface area contributed by atoms with E-state index >= 15 is 0 Å². The highest BCUT2D eigenvalue weighted by molar-refractivity contribution is 7.92. The Labute approximate surface area is 91.0 Å². The van der Waals surface area contributed by atoms with Crippen molar-refractivity contribution < 1.29 is 8.42 Å². The fourth-order valence-corrected chi connectivity index (χ4v) is 1.87. The Morgan fingerprint density at radius 3 is 2.47 bits per heavy atom. The second-order valence-corrected chi connectivity index (χ2v) is 5.40. The van der Waals surface area contributed by atoms with Crippen molar-refractivity contribution >= 4 is 15.7 Å². The first kappa shape index (κ1) is 12.0. The Hall–Kier alpha value is -1.07. The Bertz CT molecular complexity index is 429. The van der Waals surface area contributed by atoms with Crippen LogP contribution in [0, 0.1) is 0 Å². The van der Waals surface area contributed by atoms with Gasteiger partial charge in [0.1, 0.15) is 0 Å². The zero-order chi connectivity index (χ0) is 11.5. The van der Waals surface area contributed by atoms with Crippen LogP contribution in [-0.4, -0.2) is 28.8 Å². The van der Waals surface area contributed by atoms with Crippen LogP contribution in [0.25, 0.3) is 0 Å². The van der Waals surface area contributed by atoms with Crippen molar-refractivity contribution in [2.24, 2.45) is 0 Å². The van der Waals surface area contributed by atoms with Gasteiger partial charge in [-0.25, -0.2) is 8.42 Å². The van der Waals surface area contributed by atoms with Gasteiger partial charge in [-0.2, -0.15) is 0 Å². The van der Waals surface area contributed by atoms with Crippen LogP contribution in [-0.2, 0) is 16.6 Å². The molecule has 1 aromatic carbocycles. The van der Waals surface area contributed by atoms with E-state index in [1.54, 1.807) is 13.1 Å². The van der Waals surface area contributed by atoms with Gasteiger partial charge in [0.05, 0.1) is 11.9 Å². The molecular weight excluding hydrogens is 212 g/mol. The number of sulfonamides is 1. The molecule has 1 aromatic rings. The molecule has 5 heteroatoms. The normalized spacial score (nSPS) is 11.4. The summed E-state index contributed by atoms with van der Waals surface area (Å²) in [6, 6.07) is 7.43. The lowest BCUT2D eigenvalue weighted by Gasteiger charge is -2.19. The lowest BCUT2D eigenvalue weighted by molar-refractivity contribution is 0.600. The van der Waals surface area contributed by atoms with Gasteiger partial charge >= 0.3 is 0 Å². The van der Waals surface area contributed by atoms with E-state index in [4.69, 9.17) is 0 Å². The van der Waals surface area contributed by atoms with Crippen molar-refractivity contribution in [1.82, 2.24) is 5.32 Å². The maximum Gasteiger partial charge on any atom is 0.232 e. The highest BCUT2D eigenvalue weighted by Gasteiger charge is 2.14. The number of hydrogen-bond donors (Lipinski definition) is 1. The average Bonchev–Trinajstić information content (AvgIpc) is 2.17. The van der Waals surface area contributed by atoms with E-state index in [2.05, 4.69) is 5.32 Å². The SMILES string of the molecule is CNCc1ccccc1N(C)S(C)(=O)=O. The zero-order valence-corrected chi connectivity index (χ0v) is 10.0. The molecule has 1 N–H and O–H groups in total. The van der Waals surface area contributed by atoms with Gasteiger partial charge in [-0.05, 0) is 18.7 Å². The van der Waals surface area contributed by atoms with Crippen LogP contribution in [0.3, 0.4) is 0 Å². The summed E-state index contributed by atoms with van der Waals surface area (Å²) in [4.78, 5) is 0. The molecule has 0 aliphatic rings. The van der Waals surface area contributed by atoms with Gasteiger partial charge in [-0.1, -0.05) is 18.2 Å². The van der Waals surface area contributed by atoms with Gasteiger partial charge in [0.2, 0.25) is 10.0 Å². The molecular formula is C10H16N2O2S. The van der Waals surface area contributed by atoms with E-state index < -0.39 is 10.0 Å². The molecule has 0 atom stereocenters. The minimum absolute atomic E-state index is 0.649. The Balaban J connectivity index is 3.13. The van der Waals surface area contributed by atoms with Crippen LogP contribution in [0.15, 0.2) is 24.3 Å². The third kappa shape index (κ3) is 2.94. The van der Waals surface area contributed by atoms with Crippen molar-refractivity contribution in [3.63, 3.8) is 0 Å². The smallest absolute Gasteiger partial charge is 0.232 e. The fraction of sp³-hybridized carbons (Fsp3) is 0.400. The minimum Gasteiger partial charge on any atom is -0.316 e. The lowest BCUT2D eigenvalue weighted by Crippen LogP contribution is -2.26. The number of rotatable bonds is 4. The largest absolute Gasteiger partial charge is 0.316 e. The topological polar surface area (TPSA) is 49.4 Å². The molecule has 0 aliphatic heterocycles. The Morgan fingerprint density at radius 1 is 1.33 bits per heavy atom. The van der Waals surface area contributed by atoms with Crippen LogP contribution in [0.5, 0.6) is 0 Å². The predicted octanol–water partition coefficient (Wildman–Crippen LogP) is 0.802. The van der Waals surface area contributed by atoms with Crippen molar-refractivity contribution in [3.8, 4) is 0 Å². The number of anilines is 1.